The van der Waals surface area contributed by atoms with E-state index >= 15 is 0 Å². The minimum atomic E-state index is -0.00724. The summed E-state index contributed by atoms with van der Waals surface area (Å²) in [4.78, 5) is 12.1. The molecule has 0 fully saturated rings. The number of carbonyl (C=O) groups is 1. The summed E-state index contributed by atoms with van der Waals surface area (Å²) in [5.74, 6) is 0.810. The van der Waals surface area contributed by atoms with E-state index in [0.29, 0.717) is 23.9 Å². The molecule has 1 unspecified atom stereocenters. The Morgan fingerprint density at radius 1 is 0.950 bits per heavy atom. The molecule has 0 bridgehead atoms. The molecule has 0 aromatic heterocycles. The maximum absolute atomic E-state index is 12.1. The summed E-state index contributed by atoms with van der Waals surface area (Å²) < 4.78 is 0. The van der Waals surface area contributed by atoms with Crippen LogP contribution in [0.5, 0.6) is 0 Å². The zero-order valence-corrected chi connectivity index (χ0v) is 12.0. The summed E-state index contributed by atoms with van der Waals surface area (Å²) in [5, 5.41) is 3.04. The SMILES string of the molecule is CC(C)C(CNC(=O)c1ccccc1)c1ccccc1. The largest absolute Gasteiger partial charge is 0.351 e. The van der Waals surface area contributed by atoms with E-state index in [4.69, 9.17) is 0 Å². The first-order valence-electron chi connectivity index (χ1n) is 7.06. The van der Waals surface area contributed by atoms with Crippen LogP contribution in [-0.2, 0) is 0 Å². The lowest BCUT2D eigenvalue weighted by Gasteiger charge is -2.22. The van der Waals surface area contributed by atoms with Gasteiger partial charge in [-0.2, -0.15) is 0 Å². The molecule has 2 aromatic rings. The fraction of sp³-hybridized carbons (Fsp3) is 0.278. The lowest BCUT2D eigenvalue weighted by Crippen LogP contribution is -2.30. The fourth-order valence-corrected chi connectivity index (χ4v) is 2.33. The van der Waals surface area contributed by atoms with Gasteiger partial charge in [0.05, 0.1) is 0 Å². The summed E-state index contributed by atoms with van der Waals surface area (Å²) in [6.07, 6.45) is 0. The van der Waals surface area contributed by atoms with Gasteiger partial charge in [-0.3, -0.25) is 4.79 Å². The van der Waals surface area contributed by atoms with Crippen molar-refractivity contribution in [2.45, 2.75) is 19.8 Å². The highest BCUT2D eigenvalue weighted by Gasteiger charge is 2.16. The van der Waals surface area contributed by atoms with Crippen molar-refractivity contribution in [2.75, 3.05) is 6.54 Å². The maximum atomic E-state index is 12.1. The Morgan fingerprint density at radius 2 is 1.50 bits per heavy atom. The van der Waals surface area contributed by atoms with Crippen LogP contribution < -0.4 is 5.32 Å². The Morgan fingerprint density at radius 3 is 2.05 bits per heavy atom. The molecule has 20 heavy (non-hydrogen) atoms. The van der Waals surface area contributed by atoms with E-state index in [-0.39, 0.29) is 5.91 Å². The van der Waals surface area contributed by atoms with Crippen LogP contribution in [0.25, 0.3) is 0 Å². The normalized spacial score (nSPS) is 12.2. The van der Waals surface area contributed by atoms with Crippen LogP contribution in [0.2, 0.25) is 0 Å². The number of hydrogen-bond acceptors (Lipinski definition) is 1. The Kier molecular flexibility index (Phi) is 4.94. The Balaban J connectivity index is 2.02. The van der Waals surface area contributed by atoms with Crippen molar-refractivity contribution in [2.24, 2.45) is 5.92 Å². The van der Waals surface area contributed by atoms with Crippen molar-refractivity contribution in [1.82, 2.24) is 5.32 Å². The predicted octanol–water partition coefficient (Wildman–Crippen LogP) is 3.86. The summed E-state index contributed by atoms with van der Waals surface area (Å²) in [5.41, 5.74) is 1.99. The van der Waals surface area contributed by atoms with Crippen LogP contribution in [0.3, 0.4) is 0 Å². The lowest BCUT2D eigenvalue weighted by molar-refractivity contribution is 0.0949. The van der Waals surface area contributed by atoms with Gasteiger partial charge in [0.2, 0.25) is 0 Å². The van der Waals surface area contributed by atoms with E-state index in [1.165, 1.54) is 5.56 Å². The molecule has 1 N–H and O–H groups in total. The van der Waals surface area contributed by atoms with E-state index in [1.807, 2.05) is 48.5 Å². The Bertz CT molecular complexity index is 534. The summed E-state index contributed by atoms with van der Waals surface area (Å²) in [7, 11) is 0. The molecule has 0 aliphatic rings. The number of carbonyl (C=O) groups excluding carboxylic acids is 1. The number of benzene rings is 2. The molecule has 1 atom stereocenters. The fourth-order valence-electron chi connectivity index (χ4n) is 2.33. The van der Waals surface area contributed by atoms with Crippen LogP contribution in [0, 0.1) is 5.92 Å². The highest BCUT2D eigenvalue weighted by Crippen LogP contribution is 2.23. The molecule has 0 aliphatic carbocycles. The van der Waals surface area contributed by atoms with Crippen LogP contribution in [0.15, 0.2) is 60.7 Å². The molecule has 2 rings (SSSR count). The van der Waals surface area contributed by atoms with E-state index < -0.39 is 0 Å². The molecule has 2 aromatic carbocycles. The topological polar surface area (TPSA) is 29.1 Å². The van der Waals surface area contributed by atoms with Gasteiger partial charge in [-0.1, -0.05) is 62.4 Å². The van der Waals surface area contributed by atoms with Gasteiger partial charge in [0.25, 0.3) is 5.91 Å². The third kappa shape index (κ3) is 3.70. The van der Waals surface area contributed by atoms with Gasteiger partial charge in [0.1, 0.15) is 0 Å². The van der Waals surface area contributed by atoms with Gasteiger partial charge >= 0.3 is 0 Å². The second-order valence-electron chi connectivity index (χ2n) is 5.34. The number of nitrogens with one attached hydrogen (secondary N) is 1. The van der Waals surface area contributed by atoms with Gasteiger partial charge in [-0.05, 0) is 23.6 Å². The first-order chi connectivity index (χ1) is 9.68. The lowest BCUT2D eigenvalue weighted by atomic mass is 9.88. The standard InChI is InChI=1S/C18H21NO/c1-14(2)17(15-9-5-3-6-10-15)13-19-18(20)16-11-7-4-8-12-16/h3-12,14,17H,13H2,1-2H3,(H,19,20). The maximum Gasteiger partial charge on any atom is 0.251 e. The van der Waals surface area contributed by atoms with E-state index in [1.54, 1.807) is 0 Å². The smallest absolute Gasteiger partial charge is 0.251 e. The second-order valence-corrected chi connectivity index (χ2v) is 5.34. The molecule has 2 heteroatoms. The quantitative estimate of drug-likeness (QED) is 0.875. The molecule has 0 saturated carbocycles. The molecule has 0 saturated heterocycles. The predicted molar refractivity (Wildman–Crippen MR) is 82.8 cm³/mol. The van der Waals surface area contributed by atoms with Crippen LogP contribution in [0.1, 0.15) is 35.7 Å². The molecule has 0 radical (unpaired) electrons. The summed E-state index contributed by atoms with van der Waals surface area (Å²) in [6, 6.07) is 19.7. The van der Waals surface area contributed by atoms with Crippen molar-refractivity contribution in [1.29, 1.82) is 0 Å². The van der Waals surface area contributed by atoms with Crippen LogP contribution in [-0.4, -0.2) is 12.5 Å². The molecule has 0 aliphatic heterocycles. The van der Waals surface area contributed by atoms with Crippen molar-refractivity contribution < 1.29 is 4.79 Å². The molecule has 0 heterocycles. The van der Waals surface area contributed by atoms with Gasteiger partial charge in [-0.15, -0.1) is 0 Å². The average Bonchev–Trinajstić information content (AvgIpc) is 2.49. The Labute approximate surface area is 120 Å². The van der Waals surface area contributed by atoms with E-state index in [2.05, 4.69) is 31.3 Å². The molecule has 104 valence electrons. The number of amides is 1. The third-order valence-electron chi connectivity index (χ3n) is 3.55. The van der Waals surface area contributed by atoms with E-state index in [0.717, 1.165) is 0 Å². The average molecular weight is 267 g/mol. The minimum Gasteiger partial charge on any atom is -0.351 e. The monoisotopic (exact) mass is 267 g/mol. The van der Waals surface area contributed by atoms with E-state index in [9.17, 15) is 4.79 Å². The third-order valence-corrected chi connectivity index (χ3v) is 3.55. The first kappa shape index (κ1) is 14.3. The Hall–Kier alpha value is -2.09. The van der Waals surface area contributed by atoms with Gasteiger partial charge in [-0.25, -0.2) is 0 Å². The van der Waals surface area contributed by atoms with Gasteiger partial charge < -0.3 is 5.32 Å². The molecule has 0 spiro atoms. The van der Waals surface area contributed by atoms with Crippen LogP contribution >= 0.6 is 0 Å². The van der Waals surface area contributed by atoms with Crippen molar-refractivity contribution in [3.63, 3.8) is 0 Å². The summed E-state index contributed by atoms with van der Waals surface area (Å²) >= 11 is 0. The summed E-state index contributed by atoms with van der Waals surface area (Å²) in [6.45, 7) is 5.04. The number of hydrogen-bond donors (Lipinski definition) is 1. The van der Waals surface area contributed by atoms with Crippen LogP contribution in [0.4, 0.5) is 0 Å². The molecule has 2 nitrogen and oxygen atoms in total. The highest BCUT2D eigenvalue weighted by molar-refractivity contribution is 5.94. The first-order valence-corrected chi connectivity index (χ1v) is 7.06. The second kappa shape index (κ2) is 6.90. The van der Waals surface area contributed by atoms with Gasteiger partial charge in [0, 0.05) is 18.0 Å². The zero-order valence-electron chi connectivity index (χ0n) is 12.0. The molecular weight excluding hydrogens is 246 g/mol. The molecule has 1 amide bonds. The minimum absolute atomic E-state index is 0.00724. The van der Waals surface area contributed by atoms with Crippen molar-refractivity contribution in [3.05, 3.63) is 71.8 Å². The van der Waals surface area contributed by atoms with Crippen molar-refractivity contribution in [3.8, 4) is 0 Å². The number of rotatable bonds is 5. The van der Waals surface area contributed by atoms with Gasteiger partial charge in [0.15, 0.2) is 0 Å². The highest BCUT2D eigenvalue weighted by atomic mass is 16.1. The van der Waals surface area contributed by atoms with Crippen molar-refractivity contribution >= 4 is 5.91 Å². The zero-order chi connectivity index (χ0) is 14.4. The molecular formula is C18H21NO.